The van der Waals surface area contributed by atoms with Crippen molar-refractivity contribution in [3.63, 3.8) is 0 Å². The largest absolute Gasteiger partial charge is 0.479 e. The van der Waals surface area contributed by atoms with Crippen LogP contribution in [0.3, 0.4) is 0 Å². The number of sulfone groups is 1. The quantitative estimate of drug-likeness (QED) is 0.699. The highest BCUT2D eigenvalue weighted by molar-refractivity contribution is 7.92. The highest BCUT2D eigenvalue weighted by atomic mass is 32.2. The summed E-state index contributed by atoms with van der Waals surface area (Å²) in [4.78, 5) is 0. The molecule has 0 aromatic heterocycles. The van der Waals surface area contributed by atoms with Crippen LogP contribution in [0.1, 0.15) is 58.4 Å². The van der Waals surface area contributed by atoms with E-state index in [9.17, 15) is 8.42 Å². The molecular weight excluding hydrogens is 346 g/mol. The molecule has 0 saturated heterocycles. The molecule has 144 valence electrons. The molecule has 0 spiro atoms. The van der Waals surface area contributed by atoms with Crippen LogP contribution < -0.4 is 4.74 Å². The lowest BCUT2D eigenvalue weighted by molar-refractivity contribution is 0.278. The summed E-state index contributed by atoms with van der Waals surface area (Å²) in [5, 5.41) is 8.59. The van der Waals surface area contributed by atoms with Gasteiger partial charge in [-0.25, -0.2) is 8.42 Å². The van der Waals surface area contributed by atoms with E-state index in [1.807, 2.05) is 24.3 Å². The van der Waals surface area contributed by atoms with Gasteiger partial charge < -0.3 is 4.74 Å². The molecule has 1 aliphatic carbocycles. The van der Waals surface area contributed by atoms with E-state index in [1.54, 1.807) is 20.8 Å². The molecule has 0 N–H and O–H groups in total. The molecule has 0 heterocycles. The molecule has 2 rings (SSSR count). The second-order valence-corrected chi connectivity index (χ2v) is 11.2. The van der Waals surface area contributed by atoms with Crippen LogP contribution in [0.25, 0.3) is 0 Å². The van der Waals surface area contributed by atoms with Gasteiger partial charge in [0.05, 0.1) is 10.5 Å². The van der Waals surface area contributed by atoms with Crippen LogP contribution in [-0.4, -0.2) is 25.5 Å². The van der Waals surface area contributed by atoms with Gasteiger partial charge in [0, 0.05) is 0 Å². The Morgan fingerprint density at radius 1 is 1.15 bits per heavy atom. The molecule has 1 aromatic rings. The van der Waals surface area contributed by atoms with Gasteiger partial charge in [0.2, 0.25) is 0 Å². The fourth-order valence-electron chi connectivity index (χ4n) is 3.52. The highest BCUT2D eigenvalue weighted by Gasteiger charge is 2.33. The van der Waals surface area contributed by atoms with E-state index in [2.05, 4.69) is 6.07 Å². The lowest BCUT2D eigenvalue weighted by atomic mass is 9.80. The minimum absolute atomic E-state index is 0.0743. The predicted octanol–water partition coefficient (Wildman–Crippen LogP) is 4.54. The maximum absolute atomic E-state index is 12.4. The second kappa shape index (κ2) is 8.90. The van der Waals surface area contributed by atoms with Gasteiger partial charge in [0.25, 0.3) is 0 Å². The highest BCUT2D eigenvalue weighted by Crippen LogP contribution is 2.34. The van der Waals surface area contributed by atoms with Crippen LogP contribution in [-0.2, 0) is 16.3 Å². The van der Waals surface area contributed by atoms with E-state index in [0.717, 1.165) is 44.3 Å². The van der Waals surface area contributed by atoms with Gasteiger partial charge in [-0.05, 0) is 76.0 Å². The maximum Gasteiger partial charge on any atom is 0.174 e. The standard InChI is InChI=1S/C21H31NO3S/c1-21(2,3)26(23,24)16-19-11-8-17(9-12-19)7-10-18-5-4-6-20(15-18)25-14-13-22/h4-6,15,17,19H,7-12,14,16H2,1-3H3. The van der Waals surface area contributed by atoms with Crippen molar-refractivity contribution in [1.82, 2.24) is 0 Å². The van der Waals surface area contributed by atoms with Crippen LogP contribution in [0, 0.1) is 23.2 Å². The van der Waals surface area contributed by atoms with E-state index in [-0.39, 0.29) is 6.61 Å². The molecule has 0 amide bonds. The maximum atomic E-state index is 12.4. The number of rotatable bonds is 7. The third-order valence-electron chi connectivity index (χ3n) is 5.40. The van der Waals surface area contributed by atoms with Crippen LogP contribution in [0.4, 0.5) is 0 Å². The molecular formula is C21H31NO3S. The zero-order valence-corrected chi connectivity index (χ0v) is 17.0. The van der Waals surface area contributed by atoms with Gasteiger partial charge in [-0.2, -0.15) is 5.26 Å². The summed E-state index contributed by atoms with van der Waals surface area (Å²) in [7, 11) is -3.02. The van der Waals surface area contributed by atoms with E-state index in [0.29, 0.717) is 17.6 Å². The van der Waals surface area contributed by atoms with Crippen LogP contribution in [0.15, 0.2) is 24.3 Å². The van der Waals surface area contributed by atoms with Crippen molar-refractivity contribution in [1.29, 1.82) is 5.26 Å². The fourth-order valence-corrected chi connectivity index (χ4v) is 4.98. The molecule has 1 fully saturated rings. The monoisotopic (exact) mass is 377 g/mol. The average molecular weight is 378 g/mol. The van der Waals surface area contributed by atoms with Crippen molar-refractivity contribution in [2.75, 3.05) is 12.4 Å². The molecule has 0 bridgehead atoms. The Morgan fingerprint density at radius 3 is 2.42 bits per heavy atom. The smallest absolute Gasteiger partial charge is 0.174 e. The Kier molecular flexibility index (Phi) is 7.11. The summed E-state index contributed by atoms with van der Waals surface area (Å²) in [5.74, 6) is 2.08. The molecule has 0 atom stereocenters. The molecule has 1 aliphatic rings. The number of nitrogens with zero attached hydrogens (tertiary/aromatic N) is 1. The number of benzene rings is 1. The Balaban J connectivity index is 1.78. The van der Waals surface area contributed by atoms with Gasteiger partial charge in [-0.1, -0.05) is 25.0 Å². The first-order valence-corrected chi connectivity index (χ1v) is 11.2. The Bertz CT molecular complexity index is 720. The molecule has 1 aromatic carbocycles. The summed E-state index contributed by atoms with van der Waals surface area (Å²) in [5.41, 5.74) is 1.23. The summed E-state index contributed by atoms with van der Waals surface area (Å²) in [6.45, 7) is 5.46. The molecule has 0 aliphatic heterocycles. The first-order valence-electron chi connectivity index (χ1n) is 9.52. The third-order valence-corrected chi connectivity index (χ3v) is 8.17. The van der Waals surface area contributed by atoms with Crippen LogP contribution in [0.2, 0.25) is 0 Å². The second-order valence-electron chi connectivity index (χ2n) is 8.41. The minimum atomic E-state index is -3.02. The number of hydrogen-bond donors (Lipinski definition) is 0. The van der Waals surface area contributed by atoms with E-state index in [1.165, 1.54) is 5.56 Å². The van der Waals surface area contributed by atoms with E-state index >= 15 is 0 Å². The predicted molar refractivity (Wildman–Crippen MR) is 105 cm³/mol. The van der Waals surface area contributed by atoms with E-state index < -0.39 is 14.6 Å². The van der Waals surface area contributed by atoms with Crippen LogP contribution in [0.5, 0.6) is 5.75 Å². The minimum Gasteiger partial charge on any atom is -0.479 e. The van der Waals surface area contributed by atoms with E-state index in [4.69, 9.17) is 10.00 Å². The molecule has 1 saturated carbocycles. The Hall–Kier alpha value is -1.54. The lowest BCUT2D eigenvalue weighted by Gasteiger charge is -2.30. The third kappa shape index (κ3) is 6.02. The first-order chi connectivity index (χ1) is 12.2. The average Bonchev–Trinajstić information content (AvgIpc) is 2.58. The zero-order valence-electron chi connectivity index (χ0n) is 16.2. The van der Waals surface area contributed by atoms with Crippen LogP contribution >= 0.6 is 0 Å². The molecule has 0 unspecified atom stereocenters. The van der Waals surface area contributed by atoms with Crippen molar-refractivity contribution in [3.05, 3.63) is 29.8 Å². The number of aryl methyl sites for hydroxylation is 1. The van der Waals surface area contributed by atoms with Crippen molar-refractivity contribution in [3.8, 4) is 11.8 Å². The Labute approximate surface area is 158 Å². The number of nitriles is 1. The van der Waals surface area contributed by atoms with Gasteiger partial charge >= 0.3 is 0 Å². The van der Waals surface area contributed by atoms with Crippen molar-refractivity contribution in [2.24, 2.45) is 11.8 Å². The topological polar surface area (TPSA) is 67.2 Å². The summed E-state index contributed by atoms with van der Waals surface area (Å²) in [6, 6.07) is 9.94. The normalized spacial score (nSPS) is 21.2. The van der Waals surface area contributed by atoms with Gasteiger partial charge in [0.15, 0.2) is 16.4 Å². The van der Waals surface area contributed by atoms with Gasteiger partial charge in [-0.15, -0.1) is 0 Å². The summed E-state index contributed by atoms with van der Waals surface area (Å²) >= 11 is 0. The van der Waals surface area contributed by atoms with Crippen molar-refractivity contribution in [2.45, 2.75) is 64.0 Å². The van der Waals surface area contributed by atoms with Gasteiger partial charge in [-0.3, -0.25) is 0 Å². The molecule has 26 heavy (non-hydrogen) atoms. The number of ether oxygens (including phenoxy) is 1. The number of hydrogen-bond acceptors (Lipinski definition) is 4. The van der Waals surface area contributed by atoms with Crippen molar-refractivity contribution >= 4 is 9.84 Å². The Morgan fingerprint density at radius 2 is 1.81 bits per heavy atom. The SMILES string of the molecule is CC(C)(C)S(=O)(=O)CC1CCC(CCc2cccc(OCC#N)c2)CC1. The summed E-state index contributed by atoms with van der Waals surface area (Å²) in [6.07, 6.45) is 6.40. The first kappa shape index (κ1) is 20.8. The fraction of sp³-hybridized carbons (Fsp3) is 0.667. The van der Waals surface area contributed by atoms with Crippen molar-refractivity contribution < 1.29 is 13.2 Å². The van der Waals surface area contributed by atoms with Gasteiger partial charge in [0.1, 0.15) is 11.8 Å². The molecule has 0 radical (unpaired) electrons. The molecule has 5 heteroatoms. The zero-order chi connectivity index (χ0) is 19.2. The lowest BCUT2D eigenvalue weighted by Crippen LogP contribution is -2.34. The molecule has 4 nitrogen and oxygen atoms in total. The summed E-state index contributed by atoms with van der Waals surface area (Å²) < 4.78 is 29.5.